The van der Waals surface area contributed by atoms with E-state index in [0.29, 0.717) is 48.7 Å². The molecule has 0 atom stereocenters. The number of anilines is 2. The Hall–Kier alpha value is -2.78. The molecule has 2 N–H and O–H groups in total. The molecule has 30 heavy (non-hydrogen) atoms. The van der Waals surface area contributed by atoms with Crippen LogP contribution < -0.4 is 10.0 Å². The van der Waals surface area contributed by atoms with Crippen molar-refractivity contribution in [2.45, 2.75) is 27.7 Å². The van der Waals surface area contributed by atoms with E-state index in [-0.39, 0.29) is 22.7 Å². The van der Waals surface area contributed by atoms with Gasteiger partial charge in [-0.1, -0.05) is 24.3 Å². The van der Waals surface area contributed by atoms with Crippen LogP contribution in [0.2, 0.25) is 0 Å². The second kappa shape index (κ2) is 8.93. The molecule has 0 fully saturated rings. The predicted molar refractivity (Wildman–Crippen MR) is 114 cm³/mol. The first-order valence-electron chi connectivity index (χ1n) is 10.2. The number of ketones is 2. The van der Waals surface area contributed by atoms with Gasteiger partial charge in [-0.3, -0.25) is 30.0 Å². The standard InChI is InChI=1S/C22H28N4O4/c1-5-23(25(29)7-3)17-13-14-18(24(6-2)26(30)8-4)20-19(17)21(27)15-11-9-10-12-16(15)22(20)28/h9-14,29-30H,5-8H2,1-4H3. The van der Waals surface area contributed by atoms with Gasteiger partial charge in [-0.2, -0.15) is 0 Å². The summed E-state index contributed by atoms with van der Waals surface area (Å²) in [5.74, 6) is -0.561. The van der Waals surface area contributed by atoms with E-state index in [1.807, 2.05) is 13.8 Å². The maximum Gasteiger partial charge on any atom is 0.196 e. The molecular weight excluding hydrogens is 384 g/mol. The minimum absolute atomic E-state index is 0.230. The summed E-state index contributed by atoms with van der Waals surface area (Å²) in [5.41, 5.74) is 2.03. The fourth-order valence-electron chi connectivity index (χ4n) is 3.88. The number of benzene rings is 2. The predicted octanol–water partition coefficient (Wildman–Crippen LogP) is 3.37. The molecule has 0 heterocycles. The number of nitrogens with zero attached hydrogens (tertiary/aromatic N) is 4. The van der Waals surface area contributed by atoms with Gasteiger partial charge in [0.15, 0.2) is 11.6 Å². The number of fused-ring (bicyclic) bond motifs is 2. The molecule has 160 valence electrons. The maximum atomic E-state index is 13.5. The first-order valence-corrected chi connectivity index (χ1v) is 10.2. The molecule has 0 spiro atoms. The molecule has 0 amide bonds. The van der Waals surface area contributed by atoms with Crippen molar-refractivity contribution >= 4 is 22.9 Å². The van der Waals surface area contributed by atoms with Crippen LogP contribution in [0.1, 0.15) is 59.5 Å². The SMILES string of the molecule is CCN(O)N(CC)c1ccc(N(CC)N(O)CC)c2c1C(=O)c1ccccc1C2=O. The highest BCUT2D eigenvalue weighted by molar-refractivity contribution is 6.32. The van der Waals surface area contributed by atoms with Crippen molar-refractivity contribution in [3.63, 3.8) is 0 Å². The lowest BCUT2D eigenvalue weighted by molar-refractivity contribution is -0.0975. The Balaban J connectivity index is 2.33. The molecule has 1 aliphatic carbocycles. The van der Waals surface area contributed by atoms with Gasteiger partial charge in [0, 0.05) is 37.3 Å². The fourth-order valence-corrected chi connectivity index (χ4v) is 3.88. The van der Waals surface area contributed by atoms with Gasteiger partial charge in [-0.05, 0) is 39.8 Å². The maximum absolute atomic E-state index is 13.5. The Kier molecular flexibility index (Phi) is 6.52. The molecule has 8 heteroatoms. The molecule has 2 aromatic carbocycles. The molecule has 0 unspecified atom stereocenters. The normalized spacial score (nSPS) is 12.9. The number of hydrogen-bond donors (Lipinski definition) is 2. The van der Waals surface area contributed by atoms with E-state index >= 15 is 0 Å². The van der Waals surface area contributed by atoms with Gasteiger partial charge in [0.2, 0.25) is 0 Å². The molecule has 2 aromatic rings. The van der Waals surface area contributed by atoms with Gasteiger partial charge in [-0.25, -0.2) is 0 Å². The monoisotopic (exact) mass is 412 g/mol. The molecule has 0 aromatic heterocycles. The van der Waals surface area contributed by atoms with E-state index in [0.717, 1.165) is 10.3 Å². The molecule has 0 saturated heterocycles. The zero-order chi connectivity index (χ0) is 22.0. The molecule has 3 rings (SSSR count). The van der Waals surface area contributed by atoms with Gasteiger partial charge >= 0.3 is 0 Å². The van der Waals surface area contributed by atoms with Gasteiger partial charge in [0.05, 0.1) is 22.5 Å². The van der Waals surface area contributed by atoms with Crippen LogP contribution in [0.15, 0.2) is 36.4 Å². The van der Waals surface area contributed by atoms with Crippen molar-refractivity contribution in [1.82, 2.24) is 10.3 Å². The van der Waals surface area contributed by atoms with Gasteiger partial charge in [0.25, 0.3) is 0 Å². The summed E-state index contributed by atoms with van der Waals surface area (Å²) in [6.45, 7) is 8.70. The topological polar surface area (TPSA) is 87.6 Å². The van der Waals surface area contributed by atoms with Crippen LogP contribution in [0.25, 0.3) is 0 Å². The summed E-state index contributed by atoms with van der Waals surface area (Å²) in [6, 6.07) is 10.2. The number of hydrazine groups is 2. The van der Waals surface area contributed by atoms with E-state index in [1.165, 1.54) is 0 Å². The van der Waals surface area contributed by atoms with Gasteiger partial charge in [0.1, 0.15) is 0 Å². The summed E-state index contributed by atoms with van der Waals surface area (Å²) >= 11 is 0. The quantitative estimate of drug-likeness (QED) is 0.545. The minimum Gasteiger partial charge on any atom is -0.294 e. The third kappa shape index (κ3) is 3.48. The molecular formula is C22H28N4O4. The molecule has 8 nitrogen and oxygen atoms in total. The highest BCUT2D eigenvalue weighted by atomic mass is 16.6. The molecule has 0 aliphatic heterocycles. The fraction of sp³-hybridized carbons (Fsp3) is 0.364. The smallest absolute Gasteiger partial charge is 0.196 e. The summed E-state index contributed by atoms with van der Waals surface area (Å²) in [4.78, 5) is 27.1. The average molecular weight is 412 g/mol. The number of hydroxylamine groups is 2. The van der Waals surface area contributed by atoms with Crippen LogP contribution in [-0.2, 0) is 0 Å². The first kappa shape index (κ1) is 21.9. The second-order valence-electron chi connectivity index (χ2n) is 6.87. The highest BCUT2D eigenvalue weighted by Crippen LogP contribution is 2.39. The van der Waals surface area contributed by atoms with Crippen LogP contribution in [0.3, 0.4) is 0 Å². The summed E-state index contributed by atoms with van der Waals surface area (Å²) in [6.07, 6.45) is 0. The number of rotatable bonds is 8. The van der Waals surface area contributed by atoms with Crippen LogP contribution in [0, 0.1) is 0 Å². The average Bonchev–Trinajstić information content (AvgIpc) is 2.78. The summed E-state index contributed by atoms with van der Waals surface area (Å²) < 4.78 is 0. The van der Waals surface area contributed by atoms with Gasteiger partial charge < -0.3 is 0 Å². The lowest BCUT2D eigenvalue weighted by Gasteiger charge is -2.36. The van der Waals surface area contributed by atoms with E-state index in [9.17, 15) is 20.0 Å². The Bertz CT molecular complexity index is 886. The van der Waals surface area contributed by atoms with Crippen molar-refractivity contribution in [3.05, 3.63) is 58.7 Å². The summed E-state index contributed by atoms with van der Waals surface area (Å²) in [5, 5.41) is 25.9. The zero-order valence-electron chi connectivity index (χ0n) is 17.8. The minimum atomic E-state index is -0.281. The number of carbonyl (C=O) groups is 2. The molecule has 1 aliphatic rings. The van der Waals surface area contributed by atoms with E-state index in [1.54, 1.807) is 60.3 Å². The van der Waals surface area contributed by atoms with E-state index in [4.69, 9.17) is 0 Å². The van der Waals surface area contributed by atoms with Crippen molar-refractivity contribution in [1.29, 1.82) is 0 Å². The van der Waals surface area contributed by atoms with Crippen molar-refractivity contribution in [3.8, 4) is 0 Å². The van der Waals surface area contributed by atoms with Crippen molar-refractivity contribution in [2.24, 2.45) is 0 Å². The molecule has 0 saturated carbocycles. The molecule has 0 bridgehead atoms. The number of hydrogen-bond acceptors (Lipinski definition) is 8. The van der Waals surface area contributed by atoms with E-state index in [2.05, 4.69) is 0 Å². The van der Waals surface area contributed by atoms with Crippen LogP contribution in [0.4, 0.5) is 11.4 Å². The third-order valence-electron chi connectivity index (χ3n) is 5.31. The zero-order valence-corrected chi connectivity index (χ0v) is 17.8. The van der Waals surface area contributed by atoms with Gasteiger partial charge in [-0.15, -0.1) is 10.3 Å². The Labute approximate surface area is 176 Å². The lowest BCUT2D eigenvalue weighted by Crippen LogP contribution is -2.43. The van der Waals surface area contributed by atoms with Crippen LogP contribution in [0.5, 0.6) is 0 Å². The largest absolute Gasteiger partial charge is 0.294 e. The van der Waals surface area contributed by atoms with Crippen LogP contribution >= 0.6 is 0 Å². The Morgan fingerprint density at radius 2 is 1.00 bits per heavy atom. The Morgan fingerprint density at radius 1 is 0.633 bits per heavy atom. The second-order valence-corrected chi connectivity index (χ2v) is 6.87. The highest BCUT2D eigenvalue weighted by Gasteiger charge is 2.37. The first-order chi connectivity index (χ1) is 14.4. The summed E-state index contributed by atoms with van der Waals surface area (Å²) in [7, 11) is 0. The lowest BCUT2D eigenvalue weighted by atomic mass is 9.82. The third-order valence-corrected chi connectivity index (χ3v) is 5.31. The Morgan fingerprint density at radius 3 is 1.30 bits per heavy atom. The van der Waals surface area contributed by atoms with Crippen molar-refractivity contribution in [2.75, 3.05) is 36.2 Å². The molecule has 0 radical (unpaired) electrons. The van der Waals surface area contributed by atoms with Crippen LogP contribution in [-0.4, -0.2) is 58.5 Å². The van der Waals surface area contributed by atoms with Crippen molar-refractivity contribution < 1.29 is 20.0 Å². The van der Waals surface area contributed by atoms with E-state index < -0.39 is 0 Å². The number of carbonyl (C=O) groups excluding carboxylic acids is 2.